The summed E-state index contributed by atoms with van der Waals surface area (Å²) in [7, 11) is 0. The first kappa shape index (κ1) is 12.8. The molecule has 1 aromatic rings. The van der Waals surface area contributed by atoms with Crippen molar-refractivity contribution >= 4 is 0 Å². The first-order valence-corrected chi connectivity index (χ1v) is 7.15. The molecule has 0 spiro atoms. The zero-order chi connectivity index (χ0) is 13.5. The minimum Gasteiger partial charge on any atom is -0.490 e. The number of rotatable bonds is 1. The van der Waals surface area contributed by atoms with Gasteiger partial charge in [-0.15, -0.1) is 0 Å². The Morgan fingerprint density at radius 2 is 1.74 bits per heavy atom. The number of fused-ring (bicyclic) bond motifs is 1. The minimum atomic E-state index is -0.752. The lowest BCUT2D eigenvalue weighted by Gasteiger charge is -2.37. The van der Waals surface area contributed by atoms with E-state index in [1.54, 1.807) is 0 Å². The third-order valence-corrected chi connectivity index (χ3v) is 4.69. The Bertz CT molecular complexity index is 481. The van der Waals surface area contributed by atoms with E-state index < -0.39 is 5.60 Å². The van der Waals surface area contributed by atoms with Crippen LogP contribution in [0.4, 0.5) is 0 Å². The summed E-state index contributed by atoms with van der Waals surface area (Å²) in [5, 5.41) is 11.1. The van der Waals surface area contributed by atoms with Crippen molar-refractivity contribution in [2.24, 2.45) is 5.41 Å². The summed E-state index contributed by atoms with van der Waals surface area (Å²) in [5.41, 5.74) is 0.115. The fourth-order valence-electron chi connectivity index (χ4n) is 3.29. The standard InChI is InChI=1S/C16H22O3/c1-15(2)7-3-8-16(15,17)12-5-6-13-14(11-12)19-10-4-9-18-13/h5-6,11,17H,3-4,7-10H2,1-2H3. The van der Waals surface area contributed by atoms with Gasteiger partial charge in [0, 0.05) is 6.42 Å². The lowest BCUT2D eigenvalue weighted by atomic mass is 9.73. The van der Waals surface area contributed by atoms with Crippen LogP contribution in [0.5, 0.6) is 11.5 Å². The van der Waals surface area contributed by atoms with Crippen LogP contribution < -0.4 is 9.47 Å². The lowest BCUT2D eigenvalue weighted by molar-refractivity contribution is -0.0486. The predicted octanol–water partition coefficient (Wildman–Crippen LogP) is 3.25. The van der Waals surface area contributed by atoms with E-state index >= 15 is 0 Å². The maximum Gasteiger partial charge on any atom is 0.161 e. The van der Waals surface area contributed by atoms with E-state index in [0.717, 1.165) is 42.7 Å². The summed E-state index contributed by atoms with van der Waals surface area (Å²) < 4.78 is 11.4. The molecule has 0 saturated heterocycles. The van der Waals surface area contributed by atoms with Gasteiger partial charge in [-0.05, 0) is 42.4 Å². The minimum absolute atomic E-state index is 0.0905. The molecule has 1 saturated carbocycles. The van der Waals surface area contributed by atoms with E-state index in [1.165, 1.54) is 0 Å². The van der Waals surface area contributed by atoms with Crippen LogP contribution in [0.2, 0.25) is 0 Å². The number of benzene rings is 1. The van der Waals surface area contributed by atoms with Gasteiger partial charge in [0.1, 0.15) is 0 Å². The van der Waals surface area contributed by atoms with Gasteiger partial charge < -0.3 is 14.6 Å². The zero-order valence-corrected chi connectivity index (χ0v) is 11.7. The Morgan fingerprint density at radius 3 is 2.42 bits per heavy atom. The Hall–Kier alpha value is -1.22. The molecule has 0 amide bonds. The molecule has 1 unspecified atom stereocenters. The number of hydrogen-bond acceptors (Lipinski definition) is 3. The summed E-state index contributed by atoms with van der Waals surface area (Å²) in [6, 6.07) is 5.89. The van der Waals surface area contributed by atoms with Crippen LogP contribution in [0, 0.1) is 5.41 Å². The van der Waals surface area contributed by atoms with Crippen molar-refractivity contribution < 1.29 is 14.6 Å². The SMILES string of the molecule is CC1(C)CCCC1(O)c1ccc2c(c1)OCCCO2. The summed E-state index contributed by atoms with van der Waals surface area (Å²) in [4.78, 5) is 0. The summed E-state index contributed by atoms with van der Waals surface area (Å²) in [6.07, 6.45) is 3.84. The molecule has 1 N–H and O–H groups in total. The largest absolute Gasteiger partial charge is 0.490 e. The average Bonchev–Trinajstić information content (AvgIpc) is 2.57. The highest BCUT2D eigenvalue weighted by Crippen LogP contribution is 2.53. The lowest BCUT2D eigenvalue weighted by Crippen LogP contribution is -2.36. The first-order valence-electron chi connectivity index (χ1n) is 7.15. The third-order valence-electron chi connectivity index (χ3n) is 4.69. The van der Waals surface area contributed by atoms with Crippen LogP contribution in [0.3, 0.4) is 0 Å². The molecule has 1 atom stereocenters. The van der Waals surface area contributed by atoms with Gasteiger partial charge in [-0.25, -0.2) is 0 Å². The molecule has 3 rings (SSSR count). The zero-order valence-electron chi connectivity index (χ0n) is 11.7. The topological polar surface area (TPSA) is 38.7 Å². The van der Waals surface area contributed by atoms with Crippen molar-refractivity contribution in [1.29, 1.82) is 0 Å². The fourth-order valence-corrected chi connectivity index (χ4v) is 3.29. The highest BCUT2D eigenvalue weighted by molar-refractivity contribution is 5.45. The molecular weight excluding hydrogens is 240 g/mol. The van der Waals surface area contributed by atoms with Gasteiger partial charge in [-0.3, -0.25) is 0 Å². The fraction of sp³-hybridized carbons (Fsp3) is 0.625. The second kappa shape index (κ2) is 4.41. The van der Waals surface area contributed by atoms with E-state index in [4.69, 9.17) is 9.47 Å². The van der Waals surface area contributed by atoms with Crippen molar-refractivity contribution in [2.45, 2.75) is 45.1 Å². The molecule has 104 valence electrons. The number of hydrogen-bond donors (Lipinski definition) is 1. The van der Waals surface area contributed by atoms with Gasteiger partial charge in [0.2, 0.25) is 0 Å². The smallest absolute Gasteiger partial charge is 0.161 e. The van der Waals surface area contributed by atoms with Gasteiger partial charge in [0.05, 0.1) is 18.8 Å². The van der Waals surface area contributed by atoms with E-state index in [-0.39, 0.29) is 5.41 Å². The number of aliphatic hydroxyl groups is 1. The molecule has 1 aromatic carbocycles. The first-order chi connectivity index (χ1) is 9.03. The number of ether oxygens (including phenoxy) is 2. The predicted molar refractivity (Wildman–Crippen MR) is 73.6 cm³/mol. The van der Waals surface area contributed by atoms with Crippen molar-refractivity contribution in [1.82, 2.24) is 0 Å². The molecule has 19 heavy (non-hydrogen) atoms. The molecule has 0 bridgehead atoms. The van der Waals surface area contributed by atoms with Gasteiger partial charge >= 0.3 is 0 Å². The van der Waals surface area contributed by atoms with Crippen LogP contribution in [-0.2, 0) is 5.60 Å². The second-order valence-corrected chi connectivity index (χ2v) is 6.31. The van der Waals surface area contributed by atoms with E-state index in [2.05, 4.69) is 13.8 Å². The molecule has 0 aromatic heterocycles. The van der Waals surface area contributed by atoms with Gasteiger partial charge in [-0.1, -0.05) is 19.9 Å². The maximum absolute atomic E-state index is 11.1. The van der Waals surface area contributed by atoms with Crippen molar-refractivity contribution in [3.8, 4) is 11.5 Å². The van der Waals surface area contributed by atoms with Crippen LogP contribution in [-0.4, -0.2) is 18.3 Å². The molecule has 1 aliphatic heterocycles. The van der Waals surface area contributed by atoms with Gasteiger partial charge in [0.25, 0.3) is 0 Å². The second-order valence-electron chi connectivity index (χ2n) is 6.31. The van der Waals surface area contributed by atoms with Gasteiger partial charge in [0.15, 0.2) is 11.5 Å². The molecule has 1 heterocycles. The van der Waals surface area contributed by atoms with Gasteiger partial charge in [-0.2, -0.15) is 0 Å². The highest BCUT2D eigenvalue weighted by atomic mass is 16.5. The quantitative estimate of drug-likeness (QED) is 0.844. The van der Waals surface area contributed by atoms with Crippen molar-refractivity contribution in [2.75, 3.05) is 13.2 Å². The van der Waals surface area contributed by atoms with Crippen LogP contribution >= 0.6 is 0 Å². The third kappa shape index (κ3) is 2.00. The molecule has 1 aliphatic carbocycles. The van der Waals surface area contributed by atoms with E-state index in [0.29, 0.717) is 13.2 Å². The summed E-state index contributed by atoms with van der Waals surface area (Å²) in [5.74, 6) is 1.56. The van der Waals surface area contributed by atoms with Crippen molar-refractivity contribution in [3.05, 3.63) is 23.8 Å². The Balaban J connectivity index is 2.00. The van der Waals surface area contributed by atoms with Crippen molar-refractivity contribution in [3.63, 3.8) is 0 Å². The Morgan fingerprint density at radius 1 is 1.00 bits per heavy atom. The van der Waals surface area contributed by atoms with Crippen LogP contribution in [0.1, 0.15) is 45.1 Å². The molecule has 3 heteroatoms. The molecule has 0 radical (unpaired) electrons. The van der Waals surface area contributed by atoms with Crippen LogP contribution in [0.25, 0.3) is 0 Å². The molecule has 2 aliphatic rings. The molecular formula is C16H22O3. The monoisotopic (exact) mass is 262 g/mol. The van der Waals surface area contributed by atoms with Crippen LogP contribution in [0.15, 0.2) is 18.2 Å². The van der Waals surface area contributed by atoms with E-state index in [9.17, 15) is 5.11 Å². The summed E-state index contributed by atoms with van der Waals surface area (Å²) in [6.45, 7) is 5.66. The normalized spacial score (nSPS) is 29.0. The molecule has 1 fully saturated rings. The summed E-state index contributed by atoms with van der Waals surface area (Å²) >= 11 is 0. The maximum atomic E-state index is 11.1. The molecule has 3 nitrogen and oxygen atoms in total. The Kier molecular flexibility index (Phi) is 2.97. The Labute approximate surface area is 114 Å². The average molecular weight is 262 g/mol. The highest BCUT2D eigenvalue weighted by Gasteiger charge is 2.48. The van der Waals surface area contributed by atoms with E-state index in [1.807, 2.05) is 18.2 Å².